The van der Waals surface area contributed by atoms with Crippen molar-refractivity contribution < 1.29 is 24.2 Å². The molecule has 36 heavy (non-hydrogen) atoms. The third-order valence-corrected chi connectivity index (χ3v) is 8.24. The molecule has 3 aliphatic rings. The van der Waals surface area contributed by atoms with E-state index in [1.54, 1.807) is 4.90 Å². The summed E-state index contributed by atoms with van der Waals surface area (Å²) in [4.78, 5) is 42.8. The number of carbonyl (C=O) groups excluding carboxylic acids is 3. The molecule has 2 bridgehead atoms. The average Bonchev–Trinajstić information content (AvgIpc) is 3.43. The third kappa shape index (κ3) is 4.90. The van der Waals surface area contributed by atoms with E-state index in [1.807, 2.05) is 37.3 Å². The zero-order chi connectivity index (χ0) is 25.8. The Bertz CT molecular complexity index is 940. The van der Waals surface area contributed by atoms with Gasteiger partial charge >= 0.3 is 0 Å². The molecule has 8 nitrogen and oxygen atoms in total. The number of carbonyl (C=O) groups is 3. The summed E-state index contributed by atoms with van der Waals surface area (Å²) in [5, 5.41) is 15.1. The lowest BCUT2D eigenvalue weighted by atomic mass is 9.66. The van der Waals surface area contributed by atoms with Gasteiger partial charge in [-0.15, -0.1) is 0 Å². The fourth-order valence-electron chi connectivity index (χ4n) is 6.54. The smallest absolute Gasteiger partial charge is 0.245 e. The zero-order valence-corrected chi connectivity index (χ0v) is 21.6. The van der Waals surface area contributed by atoms with Crippen LogP contribution in [-0.4, -0.2) is 64.7 Å². The molecule has 0 saturated carbocycles. The van der Waals surface area contributed by atoms with Gasteiger partial charge in [0.05, 0.1) is 17.4 Å². The summed E-state index contributed by atoms with van der Waals surface area (Å²) in [6, 6.07) is 8.51. The van der Waals surface area contributed by atoms with Crippen molar-refractivity contribution in [1.82, 2.24) is 10.2 Å². The van der Waals surface area contributed by atoms with E-state index in [2.05, 4.69) is 17.6 Å². The van der Waals surface area contributed by atoms with Gasteiger partial charge in [0.2, 0.25) is 17.7 Å². The van der Waals surface area contributed by atoms with E-state index >= 15 is 0 Å². The maximum Gasteiger partial charge on any atom is 0.245 e. The van der Waals surface area contributed by atoms with Crippen molar-refractivity contribution in [2.24, 2.45) is 11.8 Å². The van der Waals surface area contributed by atoms with E-state index in [-0.39, 0.29) is 24.3 Å². The Morgan fingerprint density at radius 3 is 2.53 bits per heavy atom. The number of para-hydroxylation sites is 1. The number of benzene rings is 1. The highest BCUT2D eigenvalue weighted by Gasteiger charge is 2.77. The molecule has 0 aromatic heterocycles. The number of anilines is 1. The third-order valence-electron chi connectivity index (χ3n) is 8.24. The summed E-state index contributed by atoms with van der Waals surface area (Å²) >= 11 is 0. The first kappa shape index (κ1) is 26.6. The first-order valence-corrected chi connectivity index (χ1v) is 13.6. The number of ether oxygens (including phenoxy) is 1. The number of rotatable bonds is 13. The minimum Gasteiger partial charge on any atom is -0.396 e. The molecule has 3 fully saturated rings. The molecule has 0 radical (unpaired) electrons. The molecule has 4 rings (SSSR count). The fourth-order valence-corrected chi connectivity index (χ4v) is 6.54. The lowest BCUT2D eigenvalue weighted by Crippen LogP contribution is -2.55. The molecule has 3 N–H and O–H groups in total. The average molecular weight is 500 g/mol. The molecular weight excluding hydrogens is 458 g/mol. The van der Waals surface area contributed by atoms with E-state index in [4.69, 9.17) is 9.84 Å². The van der Waals surface area contributed by atoms with Gasteiger partial charge in [0, 0.05) is 25.4 Å². The summed E-state index contributed by atoms with van der Waals surface area (Å²) in [7, 11) is 0. The number of nitrogens with one attached hydrogen (secondary N) is 2. The van der Waals surface area contributed by atoms with Crippen LogP contribution in [0.1, 0.15) is 71.6 Å². The Balaban J connectivity index is 1.58. The van der Waals surface area contributed by atoms with Crippen LogP contribution in [0, 0.1) is 11.8 Å². The largest absolute Gasteiger partial charge is 0.396 e. The lowest BCUT2D eigenvalue weighted by molar-refractivity contribution is -0.145. The van der Waals surface area contributed by atoms with Gasteiger partial charge in [-0.2, -0.15) is 0 Å². The number of nitrogens with zero attached hydrogens (tertiary/aromatic N) is 1. The summed E-state index contributed by atoms with van der Waals surface area (Å²) in [5.74, 6) is -1.89. The number of aliphatic hydroxyl groups excluding tert-OH is 1. The highest BCUT2D eigenvalue weighted by Crippen LogP contribution is 2.63. The van der Waals surface area contributed by atoms with Crippen molar-refractivity contribution in [3.05, 3.63) is 30.3 Å². The first-order chi connectivity index (χ1) is 17.4. The highest BCUT2D eigenvalue weighted by molar-refractivity contribution is 6.02. The van der Waals surface area contributed by atoms with Gasteiger partial charge in [-0.1, -0.05) is 50.8 Å². The van der Waals surface area contributed by atoms with E-state index in [0.717, 1.165) is 44.9 Å². The second kappa shape index (κ2) is 11.3. The number of amides is 3. The second-order valence-corrected chi connectivity index (χ2v) is 10.8. The lowest BCUT2D eigenvalue weighted by Gasteiger charge is -2.33. The first-order valence-electron chi connectivity index (χ1n) is 13.6. The molecule has 3 heterocycles. The minimum atomic E-state index is -0.982. The highest BCUT2D eigenvalue weighted by atomic mass is 16.5. The minimum absolute atomic E-state index is 0.150. The van der Waals surface area contributed by atoms with Crippen LogP contribution in [0.2, 0.25) is 0 Å². The van der Waals surface area contributed by atoms with E-state index in [1.165, 1.54) is 0 Å². The number of hydrogen-bond acceptors (Lipinski definition) is 5. The number of hydrogen-bond donors (Lipinski definition) is 3. The fraction of sp³-hybridized carbons (Fsp3) is 0.679. The van der Waals surface area contributed by atoms with Crippen LogP contribution in [0.4, 0.5) is 5.69 Å². The van der Waals surface area contributed by atoms with E-state index in [9.17, 15) is 14.4 Å². The van der Waals surface area contributed by atoms with Crippen molar-refractivity contribution in [3.63, 3.8) is 0 Å². The van der Waals surface area contributed by atoms with Crippen LogP contribution >= 0.6 is 0 Å². The molecule has 1 aromatic rings. The van der Waals surface area contributed by atoms with Gasteiger partial charge in [0.15, 0.2) is 0 Å². The SMILES string of the molecule is CCCCCNC(=O)C1N(CCCCCCO)C(=O)[C@@H]2[C@@H](C(=O)Nc3ccccc3)[C@@]3(C)CCC12O3. The maximum absolute atomic E-state index is 13.9. The molecule has 8 heteroatoms. The van der Waals surface area contributed by atoms with Crippen molar-refractivity contribution in [3.8, 4) is 0 Å². The molecule has 3 amide bonds. The number of aliphatic hydroxyl groups is 1. The summed E-state index contributed by atoms with van der Waals surface area (Å²) in [5.41, 5.74) is -1.09. The predicted octanol–water partition coefficient (Wildman–Crippen LogP) is 3.25. The summed E-state index contributed by atoms with van der Waals surface area (Å²) in [6.45, 7) is 5.20. The standard InChI is InChI=1S/C28H41N3O5/c1-3-4-10-17-29-25(34)23-28-16-15-27(2,36-28)21(24(33)30-20-13-8-7-9-14-20)22(28)26(35)31(23)18-11-5-6-12-19-32/h7-9,13-14,21-23,32H,3-6,10-12,15-19H2,1-2H3,(H,29,34)(H,30,33)/t21-,22-,23?,27+,28?/m0/s1. The van der Waals surface area contributed by atoms with Gasteiger partial charge in [-0.3, -0.25) is 14.4 Å². The molecule has 198 valence electrons. The van der Waals surface area contributed by atoms with Gasteiger partial charge in [0.25, 0.3) is 0 Å². The number of likely N-dealkylation sites (tertiary alicyclic amines) is 1. The Morgan fingerprint density at radius 2 is 1.81 bits per heavy atom. The Labute approximate surface area is 214 Å². The van der Waals surface area contributed by atoms with Gasteiger partial charge in [-0.25, -0.2) is 0 Å². The quantitative estimate of drug-likeness (QED) is 0.361. The van der Waals surface area contributed by atoms with E-state index < -0.39 is 29.1 Å². The Hall–Kier alpha value is -2.45. The topological polar surface area (TPSA) is 108 Å². The van der Waals surface area contributed by atoms with Crippen LogP contribution in [0.5, 0.6) is 0 Å². The monoisotopic (exact) mass is 499 g/mol. The Morgan fingerprint density at radius 1 is 1.06 bits per heavy atom. The molecule has 1 spiro atoms. The molecule has 3 aliphatic heterocycles. The normalized spacial score (nSPS) is 30.5. The maximum atomic E-state index is 13.9. The van der Waals surface area contributed by atoms with Gasteiger partial charge in [0.1, 0.15) is 11.6 Å². The van der Waals surface area contributed by atoms with Crippen LogP contribution in [0.15, 0.2) is 30.3 Å². The molecule has 2 unspecified atom stereocenters. The van der Waals surface area contributed by atoms with Crippen LogP contribution in [0.25, 0.3) is 0 Å². The van der Waals surface area contributed by atoms with Gasteiger partial charge < -0.3 is 25.4 Å². The molecule has 3 saturated heterocycles. The van der Waals surface area contributed by atoms with Gasteiger partial charge in [-0.05, 0) is 51.2 Å². The van der Waals surface area contributed by atoms with Crippen molar-refractivity contribution in [2.45, 2.75) is 88.9 Å². The molecule has 1 aromatic carbocycles. The summed E-state index contributed by atoms with van der Waals surface area (Å²) in [6.07, 6.45) is 7.40. The van der Waals surface area contributed by atoms with Crippen molar-refractivity contribution in [1.29, 1.82) is 0 Å². The Kier molecular flexibility index (Phi) is 8.35. The van der Waals surface area contributed by atoms with Crippen molar-refractivity contribution >= 4 is 23.4 Å². The second-order valence-electron chi connectivity index (χ2n) is 10.8. The molecular formula is C28H41N3O5. The predicted molar refractivity (Wildman–Crippen MR) is 137 cm³/mol. The van der Waals surface area contributed by atoms with Crippen LogP contribution in [-0.2, 0) is 19.1 Å². The van der Waals surface area contributed by atoms with E-state index in [0.29, 0.717) is 31.6 Å². The molecule has 0 aliphatic carbocycles. The number of fused-ring (bicyclic) bond motifs is 1. The summed E-state index contributed by atoms with van der Waals surface area (Å²) < 4.78 is 6.63. The van der Waals surface area contributed by atoms with Crippen molar-refractivity contribution in [2.75, 3.05) is 25.0 Å². The molecule has 5 atom stereocenters. The van der Waals surface area contributed by atoms with Crippen LogP contribution < -0.4 is 10.6 Å². The zero-order valence-electron chi connectivity index (χ0n) is 21.6. The van der Waals surface area contributed by atoms with Crippen LogP contribution in [0.3, 0.4) is 0 Å². The number of unbranched alkanes of at least 4 members (excludes halogenated alkanes) is 5.